The number of piperidine rings is 2. The van der Waals surface area contributed by atoms with Crippen molar-refractivity contribution in [1.29, 1.82) is 5.26 Å². The topological polar surface area (TPSA) is 60.2 Å². The van der Waals surface area contributed by atoms with Crippen LogP contribution in [0.3, 0.4) is 0 Å². The van der Waals surface area contributed by atoms with Gasteiger partial charge in [0, 0.05) is 43.7 Å². The highest BCUT2D eigenvalue weighted by atomic mass is 16.2. The maximum absolute atomic E-state index is 13.3. The summed E-state index contributed by atoms with van der Waals surface area (Å²) in [6.45, 7) is 5.49. The maximum Gasteiger partial charge on any atom is 0.225 e. The van der Waals surface area contributed by atoms with E-state index in [0.29, 0.717) is 17.4 Å². The highest BCUT2D eigenvalue weighted by Gasteiger charge is 2.32. The molecule has 1 amide bonds. The van der Waals surface area contributed by atoms with Crippen molar-refractivity contribution >= 4 is 22.5 Å². The van der Waals surface area contributed by atoms with Crippen molar-refractivity contribution in [2.24, 2.45) is 11.8 Å². The first-order valence-corrected chi connectivity index (χ1v) is 13.1. The lowest BCUT2D eigenvalue weighted by molar-refractivity contribution is -0.137. The Balaban J connectivity index is 1.21. The molecule has 3 aromatic rings. The van der Waals surface area contributed by atoms with Gasteiger partial charge in [0.1, 0.15) is 6.07 Å². The van der Waals surface area contributed by atoms with Gasteiger partial charge in [-0.15, -0.1) is 0 Å². The number of aromatic nitrogens is 1. The van der Waals surface area contributed by atoms with Crippen molar-refractivity contribution < 1.29 is 4.79 Å². The summed E-state index contributed by atoms with van der Waals surface area (Å²) >= 11 is 0. The summed E-state index contributed by atoms with van der Waals surface area (Å²) in [4.78, 5) is 22.2. The Morgan fingerprint density at radius 2 is 1.74 bits per heavy atom. The number of carbonyl (C=O) groups is 1. The van der Waals surface area contributed by atoms with Crippen LogP contribution in [0.5, 0.6) is 0 Å². The predicted molar refractivity (Wildman–Crippen MR) is 140 cm³/mol. The minimum absolute atomic E-state index is 0.0850. The normalized spacial score (nSPS) is 17.5. The van der Waals surface area contributed by atoms with E-state index in [0.717, 1.165) is 81.3 Å². The molecule has 5 heteroatoms. The number of anilines is 1. The molecule has 0 N–H and O–H groups in total. The Labute approximate surface area is 208 Å². The Morgan fingerprint density at radius 3 is 2.43 bits per heavy atom. The van der Waals surface area contributed by atoms with Crippen LogP contribution in [0.25, 0.3) is 10.9 Å². The molecule has 0 spiro atoms. The van der Waals surface area contributed by atoms with Crippen molar-refractivity contribution in [2.75, 3.05) is 31.1 Å². The summed E-state index contributed by atoms with van der Waals surface area (Å²) in [5.41, 5.74) is 5.18. The molecule has 1 aromatic heterocycles. The van der Waals surface area contributed by atoms with Crippen LogP contribution in [0.1, 0.15) is 49.3 Å². The quantitative estimate of drug-likeness (QED) is 0.507. The standard InChI is InChI=1S/C30H34N4O/c1-2-22-8-9-28-27(19-22)29(26(20-31)21-32-28)33-16-12-25(13-17-33)30(35)34-14-10-24(11-15-34)18-23-6-4-3-5-7-23/h3-9,19,21,24-25H,2,10-18H2,1H3. The molecule has 0 saturated carbocycles. The predicted octanol–water partition coefficient (Wildman–Crippen LogP) is 5.37. The van der Waals surface area contributed by atoms with Gasteiger partial charge in [-0.2, -0.15) is 5.26 Å². The largest absolute Gasteiger partial charge is 0.370 e. The van der Waals surface area contributed by atoms with E-state index in [2.05, 4.69) is 76.3 Å². The number of nitriles is 1. The zero-order valence-corrected chi connectivity index (χ0v) is 20.6. The Kier molecular flexibility index (Phi) is 6.99. The zero-order valence-electron chi connectivity index (χ0n) is 20.6. The van der Waals surface area contributed by atoms with E-state index in [4.69, 9.17) is 0 Å². The fourth-order valence-electron chi connectivity index (χ4n) is 5.78. The average Bonchev–Trinajstić information content (AvgIpc) is 2.92. The molecule has 35 heavy (non-hydrogen) atoms. The minimum atomic E-state index is 0.0850. The number of benzene rings is 2. The van der Waals surface area contributed by atoms with Gasteiger partial charge in [0.15, 0.2) is 0 Å². The first-order chi connectivity index (χ1) is 17.2. The van der Waals surface area contributed by atoms with Crippen molar-refractivity contribution in [3.63, 3.8) is 0 Å². The summed E-state index contributed by atoms with van der Waals surface area (Å²) in [5.74, 6) is 1.08. The van der Waals surface area contributed by atoms with Gasteiger partial charge in [-0.1, -0.05) is 43.3 Å². The number of fused-ring (bicyclic) bond motifs is 1. The van der Waals surface area contributed by atoms with Crippen LogP contribution in [-0.2, 0) is 17.6 Å². The molecule has 0 unspecified atom stereocenters. The van der Waals surface area contributed by atoms with Gasteiger partial charge in [-0.05, 0) is 67.7 Å². The van der Waals surface area contributed by atoms with Crippen LogP contribution in [0.15, 0.2) is 54.7 Å². The monoisotopic (exact) mass is 466 g/mol. The molecule has 5 nitrogen and oxygen atoms in total. The number of pyridine rings is 1. The third kappa shape index (κ3) is 5.03. The fraction of sp³-hybridized carbons (Fsp3) is 0.433. The van der Waals surface area contributed by atoms with Crippen LogP contribution in [0.4, 0.5) is 5.69 Å². The van der Waals surface area contributed by atoms with Gasteiger partial charge in [0.25, 0.3) is 0 Å². The summed E-state index contributed by atoms with van der Waals surface area (Å²) in [6, 6.07) is 19.4. The van der Waals surface area contributed by atoms with Gasteiger partial charge >= 0.3 is 0 Å². The van der Waals surface area contributed by atoms with Gasteiger partial charge < -0.3 is 9.80 Å². The smallest absolute Gasteiger partial charge is 0.225 e. The van der Waals surface area contributed by atoms with Crippen molar-refractivity contribution in [2.45, 2.75) is 45.4 Å². The van der Waals surface area contributed by atoms with Gasteiger partial charge in [-0.3, -0.25) is 9.78 Å². The third-order valence-corrected chi connectivity index (χ3v) is 7.89. The molecule has 2 aliphatic rings. The Bertz CT molecular complexity index is 1220. The molecule has 180 valence electrons. The second kappa shape index (κ2) is 10.5. The van der Waals surface area contributed by atoms with Crippen molar-refractivity contribution in [3.05, 3.63) is 71.4 Å². The highest BCUT2D eigenvalue weighted by molar-refractivity contribution is 5.95. The number of rotatable bonds is 5. The maximum atomic E-state index is 13.3. The summed E-state index contributed by atoms with van der Waals surface area (Å²) < 4.78 is 0. The minimum Gasteiger partial charge on any atom is -0.370 e. The number of aryl methyl sites for hydroxylation is 1. The molecule has 2 aliphatic heterocycles. The second-order valence-electron chi connectivity index (χ2n) is 10.1. The number of likely N-dealkylation sites (tertiary alicyclic amines) is 1. The molecule has 0 radical (unpaired) electrons. The number of carbonyl (C=O) groups excluding carboxylic acids is 1. The molecular formula is C30H34N4O. The average molecular weight is 467 g/mol. The van der Waals surface area contributed by atoms with E-state index in [1.54, 1.807) is 6.20 Å². The molecule has 3 heterocycles. The number of hydrogen-bond acceptors (Lipinski definition) is 4. The van der Waals surface area contributed by atoms with Gasteiger partial charge in [-0.25, -0.2) is 0 Å². The van der Waals surface area contributed by atoms with E-state index >= 15 is 0 Å². The van der Waals surface area contributed by atoms with E-state index in [9.17, 15) is 10.1 Å². The van der Waals surface area contributed by atoms with Crippen molar-refractivity contribution in [1.82, 2.24) is 9.88 Å². The van der Waals surface area contributed by atoms with Gasteiger partial charge in [0.2, 0.25) is 5.91 Å². The van der Waals surface area contributed by atoms with E-state index in [1.165, 1.54) is 11.1 Å². The molecular weight excluding hydrogens is 432 g/mol. The zero-order chi connectivity index (χ0) is 24.2. The molecule has 5 rings (SSSR count). The molecule has 0 aliphatic carbocycles. The lowest BCUT2D eigenvalue weighted by Crippen LogP contribution is -2.45. The summed E-state index contributed by atoms with van der Waals surface area (Å²) in [5, 5.41) is 10.8. The first-order valence-electron chi connectivity index (χ1n) is 13.1. The number of nitrogens with zero attached hydrogens (tertiary/aromatic N) is 4. The van der Waals surface area contributed by atoms with Crippen LogP contribution in [-0.4, -0.2) is 42.0 Å². The molecule has 0 bridgehead atoms. The van der Waals surface area contributed by atoms with Crippen molar-refractivity contribution in [3.8, 4) is 6.07 Å². The summed E-state index contributed by atoms with van der Waals surface area (Å²) in [6.07, 6.45) is 7.62. The molecule has 2 saturated heterocycles. The number of hydrogen-bond donors (Lipinski definition) is 0. The lowest BCUT2D eigenvalue weighted by Gasteiger charge is -2.38. The molecule has 2 fully saturated rings. The van der Waals surface area contributed by atoms with E-state index in [-0.39, 0.29) is 5.92 Å². The van der Waals surface area contributed by atoms with E-state index < -0.39 is 0 Å². The van der Waals surface area contributed by atoms with E-state index in [1.807, 2.05) is 0 Å². The van der Waals surface area contributed by atoms with Crippen LogP contribution < -0.4 is 4.90 Å². The fourth-order valence-corrected chi connectivity index (χ4v) is 5.78. The van der Waals surface area contributed by atoms with Crippen LogP contribution in [0, 0.1) is 23.2 Å². The van der Waals surface area contributed by atoms with Crippen LogP contribution >= 0.6 is 0 Å². The first kappa shape index (κ1) is 23.4. The lowest BCUT2D eigenvalue weighted by atomic mass is 9.88. The third-order valence-electron chi connectivity index (χ3n) is 7.89. The molecule has 0 atom stereocenters. The van der Waals surface area contributed by atoms with Gasteiger partial charge in [0.05, 0.1) is 16.8 Å². The summed E-state index contributed by atoms with van der Waals surface area (Å²) in [7, 11) is 0. The Hall–Kier alpha value is -3.39. The molecule has 2 aromatic carbocycles. The van der Waals surface area contributed by atoms with Crippen LogP contribution in [0.2, 0.25) is 0 Å². The Morgan fingerprint density at radius 1 is 1.00 bits per heavy atom. The second-order valence-corrected chi connectivity index (χ2v) is 10.1. The SMILES string of the molecule is CCc1ccc2ncc(C#N)c(N3CCC(C(=O)N4CCC(Cc5ccccc5)CC4)CC3)c2c1. The number of amides is 1. The highest BCUT2D eigenvalue weighted by Crippen LogP contribution is 2.34.